The molecule has 1 aromatic heterocycles. The lowest BCUT2D eigenvalue weighted by atomic mass is 9.85. The molecule has 0 saturated heterocycles. The molecule has 4 rings (SSSR count). The molecule has 2 aromatic rings. The van der Waals surface area contributed by atoms with Crippen LogP contribution in [0.4, 0.5) is 0 Å². The average Bonchev–Trinajstić information content (AvgIpc) is 3.40. The van der Waals surface area contributed by atoms with Gasteiger partial charge in [0.05, 0.1) is 23.9 Å². The SMILES string of the molecule is Cn1cc(CNC2CC(N(CC(=O)O)CC3CC3)C2)c(-c2ccc(C#N)cc2)n1. The van der Waals surface area contributed by atoms with E-state index in [-0.39, 0.29) is 6.54 Å². The van der Waals surface area contributed by atoms with E-state index in [0.29, 0.717) is 23.6 Å². The van der Waals surface area contributed by atoms with Crippen molar-refractivity contribution in [1.82, 2.24) is 20.0 Å². The van der Waals surface area contributed by atoms with E-state index < -0.39 is 5.97 Å². The molecule has 0 radical (unpaired) electrons. The van der Waals surface area contributed by atoms with Crippen LogP contribution in [0.25, 0.3) is 11.3 Å². The molecule has 2 fully saturated rings. The normalized spacial score (nSPS) is 21.0. The molecule has 152 valence electrons. The lowest BCUT2D eigenvalue weighted by molar-refractivity contribution is -0.139. The van der Waals surface area contributed by atoms with E-state index in [1.165, 1.54) is 12.8 Å². The van der Waals surface area contributed by atoms with E-state index in [9.17, 15) is 9.90 Å². The third-order valence-corrected chi connectivity index (χ3v) is 5.93. The summed E-state index contributed by atoms with van der Waals surface area (Å²) in [6, 6.07) is 10.4. The Kier molecular flexibility index (Phi) is 5.65. The molecule has 2 N–H and O–H groups in total. The second kappa shape index (κ2) is 8.36. The van der Waals surface area contributed by atoms with E-state index in [0.717, 1.165) is 42.8 Å². The van der Waals surface area contributed by atoms with Crippen LogP contribution in [0.5, 0.6) is 0 Å². The zero-order valence-electron chi connectivity index (χ0n) is 16.7. The second-order valence-electron chi connectivity index (χ2n) is 8.34. The van der Waals surface area contributed by atoms with Gasteiger partial charge in [-0.2, -0.15) is 10.4 Å². The lowest BCUT2D eigenvalue weighted by Crippen LogP contribution is -2.54. The quantitative estimate of drug-likeness (QED) is 0.679. The van der Waals surface area contributed by atoms with Crippen molar-refractivity contribution >= 4 is 5.97 Å². The lowest BCUT2D eigenvalue weighted by Gasteiger charge is -2.43. The number of aliphatic carboxylic acids is 1. The Morgan fingerprint density at radius 2 is 2.07 bits per heavy atom. The molecule has 0 unspecified atom stereocenters. The standard InChI is InChI=1S/C22H27N5O2/c1-26-13-18(22(25-26)17-6-4-15(10-23)5-7-17)11-24-19-8-20(9-19)27(14-21(28)29)12-16-2-3-16/h4-7,13,16,19-20,24H,2-3,8-9,11-12,14H2,1H3,(H,28,29). The second-order valence-corrected chi connectivity index (χ2v) is 8.34. The van der Waals surface area contributed by atoms with Gasteiger partial charge in [0.15, 0.2) is 0 Å². The minimum Gasteiger partial charge on any atom is -0.480 e. The summed E-state index contributed by atoms with van der Waals surface area (Å²) in [5.41, 5.74) is 3.70. The van der Waals surface area contributed by atoms with Crippen LogP contribution in [0, 0.1) is 17.2 Å². The van der Waals surface area contributed by atoms with Crippen molar-refractivity contribution < 1.29 is 9.90 Å². The first-order valence-corrected chi connectivity index (χ1v) is 10.2. The van der Waals surface area contributed by atoms with Crippen molar-refractivity contribution in [2.45, 2.75) is 44.3 Å². The largest absolute Gasteiger partial charge is 0.480 e. The summed E-state index contributed by atoms with van der Waals surface area (Å²) in [6.45, 7) is 1.80. The molecule has 7 heteroatoms. The number of hydrogen-bond acceptors (Lipinski definition) is 5. The smallest absolute Gasteiger partial charge is 0.317 e. The van der Waals surface area contributed by atoms with Gasteiger partial charge in [0.2, 0.25) is 0 Å². The van der Waals surface area contributed by atoms with Gasteiger partial charge in [0.25, 0.3) is 0 Å². The molecule has 1 heterocycles. The zero-order valence-corrected chi connectivity index (χ0v) is 16.7. The van der Waals surface area contributed by atoms with Gasteiger partial charge in [-0.3, -0.25) is 14.4 Å². The molecule has 0 bridgehead atoms. The van der Waals surface area contributed by atoms with Crippen molar-refractivity contribution in [2.75, 3.05) is 13.1 Å². The predicted molar refractivity (Wildman–Crippen MR) is 109 cm³/mol. The minimum atomic E-state index is -0.732. The maximum Gasteiger partial charge on any atom is 0.317 e. The highest BCUT2D eigenvalue weighted by Gasteiger charge is 2.36. The van der Waals surface area contributed by atoms with E-state index in [2.05, 4.69) is 21.4 Å². The topological polar surface area (TPSA) is 94.2 Å². The number of nitrogens with one attached hydrogen (secondary N) is 1. The van der Waals surface area contributed by atoms with E-state index >= 15 is 0 Å². The Labute approximate surface area is 170 Å². The summed E-state index contributed by atoms with van der Waals surface area (Å²) < 4.78 is 1.82. The maximum absolute atomic E-state index is 11.2. The fourth-order valence-electron chi connectivity index (χ4n) is 4.07. The van der Waals surface area contributed by atoms with Gasteiger partial charge < -0.3 is 10.4 Å². The number of benzene rings is 1. The van der Waals surface area contributed by atoms with Gasteiger partial charge in [-0.05, 0) is 43.7 Å². The first-order chi connectivity index (χ1) is 14.0. The summed E-state index contributed by atoms with van der Waals surface area (Å²) in [4.78, 5) is 13.3. The number of aryl methyl sites for hydroxylation is 1. The first kappa shape index (κ1) is 19.6. The first-order valence-electron chi connectivity index (χ1n) is 10.2. The van der Waals surface area contributed by atoms with Crippen molar-refractivity contribution in [2.24, 2.45) is 13.0 Å². The van der Waals surface area contributed by atoms with Gasteiger partial charge >= 0.3 is 5.97 Å². The number of nitrogens with zero attached hydrogens (tertiary/aromatic N) is 4. The van der Waals surface area contributed by atoms with Crippen molar-refractivity contribution in [3.05, 3.63) is 41.6 Å². The molecule has 7 nitrogen and oxygen atoms in total. The van der Waals surface area contributed by atoms with Crippen LogP contribution in [-0.2, 0) is 18.4 Å². The third-order valence-electron chi connectivity index (χ3n) is 5.93. The Balaban J connectivity index is 1.33. The zero-order chi connectivity index (χ0) is 20.4. The van der Waals surface area contributed by atoms with Crippen LogP contribution in [0.3, 0.4) is 0 Å². The fraction of sp³-hybridized carbons (Fsp3) is 0.500. The molecule has 1 aromatic carbocycles. The highest BCUT2D eigenvalue weighted by molar-refractivity contribution is 5.69. The van der Waals surface area contributed by atoms with Gasteiger partial charge in [0.1, 0.15) is 0 Å². The van der Waals surface area contributed by atoms with Crippen LogP contribution in [-0.4, -0.2) is 50.9 Å². The highest BCUT2D eigenvalue weighted by atomic mass is 16.4. The summed E-state index contributed by atoms with van der Waals surface area (Å²) in [7, 11) is 1.91. The number of carboxylic acid groups (broad SMARTS) is 1. The average molecular weight is 393 g/mol. The molecule has 2 aliphatic carbocycles. The van der Waals surface area contributed by atoms with Crippen LogP contribution in [0.1, 0.15) is 36.8 Å². The molecule has 0 spiro atoms. The van der Waals surface area contributed by atoms with Crippen LogP contribution >= 0.6 is 0 Å². The Bertz CT molecular complexity index is 904. The monoisotopic (exact) mass is 393 g/mol. The molecule has 0 atom stereocenters. The molecule has 0 amide bonds. The van der Waals surface area contributed by atoms with E-state index in [1.54, 1.807) is 0 Å². The molecular formula is C22H27N5O2. The number of aromatic nitrogens is 2. The molecular weight excluding hydrogens is 366 g/mol. The number of nitriles is 1. The number of carbonyl (C=O) groups is 1. The van der Waals surface area contributed by atoms with E-state index in [1.807, 2.05) is 42.2 Å². The number of hydrogen-bond donors (Lipinski definition) is 2. The van der Waals surface area contributed by atoms with Crippen LogP contribution in [0.2, 0.25) is 0 Å². The molecule has 29 heavy (non-hydrogen) atoms. The van der Waals surface area contributed by atoms with Gasteiger partial charge in [-0.15, -0.1) is 0 Å². The summed E-state index contributed by atoms with van der Waals surface area (Å²) in [5.74, 6) is -0.0313. The van der Waals surface area contributed by atoms with E-state index in [4.69, 9.17) is 5.26 Å². The minimum absolute atomic E-state index is 0.152. The summed E-state index contributed by atoms with van der Waals surface area (Å²) >= 11 is 0. The molecule has 0 aliphatic heterocycles. The van der Waals surface area contributed by atoms with Crippen molar-refractivity contribution in [1.29, 1.82) is 5.26 Å². The van der Waals surface area contributed by atoms with Crippen LogP contribution < -0.4 is 5.32 Å². The molecule has 2 saturated carbocycles. The Morgan fingerprint density at radius 1 is 1.34 bits per heavy atom. The van der Waals surface area contributed by atoms with Crippen molar-refractivity contribution in [3.8, 4) is 17.3 Å². The number of carboxylic acids is 1. The highest BCUT2D eigenvalue weighted by Crippen LogP contribution is 2.34. The number of rotatable bonds is 9. The Morgan fingerprint density at radius 3 is 2.69 bits per heavy atom. The van der Waals surface area contributed by atoms with Gasteiger partial charge in [0, 0.05) is 49.5 Å². The Hall–Kier alpha value is -2.69. The predicted octanol–water partition coefficient (Wildman–Crippen LogP) is 2.38. The molecule has 2 aliphatic rings. The van der Waals surface area contributed by atoms with Crippen molar-refractivity contribution in [3.63, 3.8) is 0 Å². The summed E-state index contributed by atoms with van der Waals surface area (Å²) in [5, 5.41) is 26.4. The third kappa shape index (κ3) is 4.84. The fourth-order valence-corrected chi connectivity index (χ4v) is 4.07. The van der Waals surface area contributed by atoms with Gasteiger partial charge in [-0.25, -0.2) is 0 Å². The van der Waals surface area contributed by atoms with Gasteiger partial charge in [-0.1, -0.05) is 12.1 Å². The summed E-state index contributed by atoms with van der Waals surface area (Å²) in [6.07, 6.45) is 6.49. The maximum atomic E-state index is 11.2. The van der Waals surface area contributed by atoms with Crippen LogP contribution in [0.15, 0.2) is 30.5 Å².